The van der Waals surface area contributed by atoms with Crippen molar-refractivity contribution in [3.63, 3.8) is 0 Å². The predicted molar refractivity (Wildman–Crippen MR) is 97.0 cm³/mol. The summed E-state index contributed by atoms with van der Waals surface area (Å²) in [7, 11) is 1.61. The van der Waals surface area contributed by atoms with Crippen LogP contribution in [0.15, 0.2) is 53.0 Å². The summed E-state index contributed by atoms with van der Waals surface area (Å²) in [6, 6.07) is 14.8. The van der Waals surface area contributed by atoms with Crippen LogP contribution in [0.2, 0.25) is 0 Å². The van der Waals surface area contributed by atoms with Crippen LogP contribution >= 0.6 is 15.9 Å². The summed E-state index contributed by atoms with van der Waals surface area (Å²) in [6.07, 6.45) is 0. The number of benzene rings is 2. The van der Waals surface area contributed by atoms with Gasteiger partial charge in [0.2, 0.25) is 11.8 Å². The van der Waals surface area contributed by atoms with Crippen LogP contribution in [0.4, 0.5) is 5.69 Å². The maximum absolute atomic E-state index is 12.2. The highest BCUT2D eigenvalue weighted by atomic mass is 79.9. The minimum absolute atomic E-state index is 0.0336. The van der Waals surface area contributed by atoms with Crippen molar-refractivity contribution in [3.05, 3.63) is 58.6 Å². The summed E-state index contributed by atoms with van der Waals surface area (Å²) >= 11 is 3.41. The zero-order chi connectivity index (χ0) is 17.5. The van der Waals surface area contributed by atoms with Crippen molar-refractivity contribution >= 4 is 33.4 Å². The second-order valence-electron chi connectivity index (χ2n) is 5.18. The Morgan fingerprint density at radius 1 is 1.12 bits per heavy atom. The average Bonchev–Trinajstić information content (AvgIpc) is 2.59. The summed E-state index contributed by atoms with van der Waals surface area (Å²) in [6.45, 7) is 1.80. The summed E-state index contributed by atoms with van der Waals surface area (Å²) in [4.78, 5) is 25.5. The SMILES string of the molecule is COc1ccc(CNC(=O)CN(C(C)=O)c2ccccc2Br)cc1. The fraction of sp³-hybridized carbons (Fsp3) is 0.222. The highest BCUT2D eigenvalue weighted by Gasteiger charge is 2.17. The van der Waals surface area contributed by atoms with Crippen LogP contribution in [0.5, 0.6) is 5.75 Å². The molecule has 2 rings (SSSR count). The van der Waals surface area contributed by atoms with Gasteiger partial charge in [-0.15, -0.1) is 0 Å². The van der Waals surface area contributed by atoms with Gasteiger partial charge in [-0.25, -0.2) is 0 Å². The van der Waals surface area contributed by atoms with Gasteiger partial charge in [-0.05, 0) is 45.8 Å². The molecule has 0 aliphatic carbocycles. The number of carbonyl (C=O) groups is 2. The third-order valence-corrected chi connectivity index (χ3v) is 4.14. The first-order valence-corrected chi connectivity index (χ1v) is 8.23. The van der Waals surface area contributed by atoms with Crippen molar-refractivity contribution < 1.29 is 14.3 Å². The van der Waals surface area contributed by atoms with E-state index in [1.165, 1.54) is 11.8 Å². The molecule has 1 N–H and O–H groups in total. The first-order chi connectivity index (χ1) is 11.5. The van der Waals surface area contributed by atoms with E-state index >= 15 is 0 Å². The lowest BCUT2D eigenvalue weighted by atomic mass is 10.2. The first kappa shape index (κ1) is 18.0. The monoisotopic (exact) mass is 390 g/mol. The highest BCUT2D eigenvalue weighted by molar-refractivity contribution is 9.10. The average molecular weight is 391 g/mol. The normalized spacial score (nSPS) is 10.1. The van der Waals surface area contributed by atoms with Crippen molar-refractivity contribution in [2.75, 3.05) is 18.6 Å². The largest absolute Gasteiger partial charge is 0.497 e. The first-order valence-electron chi connectivity index (χ1n) is 7.43. The van der Waals surface area contributed by atoms with E-state index in [0.717, 1.165) is 15.8 Å². The molecule has 0 aromatic heterocycles. The van der Waals surface area contributed by atoms with Gasteiger partial charge in [-0.1, -0.05) is 24.3 Å². The second kappa shape index (κ2) is 8.49. The Kier molecular flexibility index (Phi) is 6.37. The highest BCUT2D eigenvalue weighted by Crippen LogP contribution is 2.25. The predicted octanol–water partition coefficient (Wildman–Crippen LogP) is 3.13. The third-order valence-electron chi connectivity index (χ3n) is 3.47. The van der Waals surface area contributed by atoms with Crippen molar-refractivity contribution in [1.82, 2.24) is 5.32 Å². The molecule has 0 fully saturated rings. The zero-order valence-corrected chi connectivity index (χ0v) is 15.2. The van der Waals surface area contributed by atoms with Crippen molar-refractivity contribution in [2.45, 2.75) is 13.5 Å². The van der Waals surface area contributed by atoms with E-state index in [2.05, 4.69) is 21.2 Å². The Hall–Kier alpha value is -2.34. The number of hydrogen-bond acceptors (Lipinski definition) is 3. The van der Waals surface area contributed by atoms with E-state index in [9.17, 15) is 9.59 Å². The minimum Gasteiger partial charge on any atom is -0.497 e. The summed E-state index contributed by atoms with van der Waals surface area (Å²) in [5.74, 6) is 0.347. The van der Waals surface area contributed by atoms with Gasteiger partial charge in [0.1, 0.15) is 12.3 Å². The van der Waals surface area contributed by atoms with Crippen molar-refractivity contribution in [3.8, 4) is 5.75 Å². The maximum Gasteiger partial charge on any atom is 0.240 e. The molecule has 0 saturated carbocycles. The fourth-order valence-corrected chi connectivity index (χ4v) is 2.68. The number of methoxy groups -OCH3 is 1. The van der Waals surface area contributed by atoms with Crippen LogP contribution in [0.1, 0.15) is 12.5 Å². The molecule has 0 saturated heterocycles. The fourth-order valence-electron chi connectivity index (χ4n) is 2.18. The van der Waals surface area contributed by atoms with Gasteiger partial charge >= 0.3 is 0 Å². The van der Waals surface area contributed by atoms with Crippen molar-refractivity contribution in [1.29, 1.82) is 0 Å². The number of anilines is 1. The number of para-hydroxylation sites is 1. The second-order valence-corrected chi connectivity index (χ2v) is 6.04. The summed E-state index contributed by atoms with van der Waals surface area (Å²) < 4.78 is 5.86. The molecule has 2 aromatic rings. The Balaban J connectivity index is 1.98. The number of halogens is 1. The van der Waals surface area contributed by atoms with E-state index < -0.39 is 0 Å². The molecule has 24 heavy (non-hydrogen) atoms. The van der Waals surface area contributed by atoms with Gasteiger partial charge in [-0.2, -0.15) is 0 Å². The van der Waals surface area contributed by atoms with Gasteiger partial charge in [0.25, 0.3) is 0 Å². The molecular formula is C18H19BrN2O3. The third kappa shape index (κ3) is 4.83. The summed E-state index contributed by atoms with van der Waals surface area (Å²) in [5, 5.41) is 2.82. The molecule has 0 spiro atoms. The molecule has 0 unspecified atom stereocenters. The van der Waals surface area contributed by atoms with Gasteiger partial charge < -0.3 is 15.0 Å². The van der Waals surface area contributed by atoms with E-state index in [1.54, 1.807) is 13.2 Å². The number of hydrogen-bond donors (Lipinski definition) is 1. The smallest absolute Gasteiger partial charge is 0.240 e. The van der Waals surface area contributed by atoms with Gasteiger partial charge in [0, 0.05) is 17.9 Å². The van der Waals surface area contributed by atoms with E-state index in [-0.39, 0.29) is 18.4 Å². The molecule has 0 heterocycles. The molecule has 2 amide bonds. The molecule has 5 nitrogen and oxygen atoms in total. The Morgan fingerprint density at radius 2 is 1.79 bits per heavy atom. The minimum atomic E-state index is -0.225. The van der Waals surface area contributed by atoms with Crippen LogP contribution in [0.3, 0.4) is 0 Å². The van der Waals surface area contributed by atoms with Crippen LogP contribution in [-0.2, 0) is 16.1 Å². The Bertz CT molecular complexity index is 716. The number of ether oxygens (including phenoxy) is 1. The Morgan fingerprint density at radius 3 is 2.38 bits per heavy atom. The molecular weight excluding hydrogens is 372 g/mol. The van der Waals surface area contributed by atoms with E-state index in [0.29, 0.717) is 12.2 Å². The number of amides is 2. The van der Waals surface area contributed by atoms with Gasteiger partial charge in [0.05, 0.1) is 12.8 Å². The lowest BCUT2D eigenvalue weighted by Crippen LogP contribution is -2.39. The number of nitrogens with zero attached hydrogens (tertiary/aromatic N) is 1. The number of nitrogens with one attached hydrogen (secondary N) is 1. The lowest BCUT2D eigenvalue weighted by molar-refractivity contribution is -0.123. The molecule has 126 valence electrons. The molecule has 2 aromatic carbocycles. The molecule has 0 aliphatic rings. The lowest BCUT2D eigenvalue weighted by Gasteiger charge is -2.22. The molecule has 6 heteroatoms. The summed E-state index contributed by atoms with van der Waals surface area (Å²) in [5.41, 5.74) is 1.63. The van der Waals surface area contributed by atoms with Crippen LogP contribution in [-0.4, -0.2) is 25.5 Å². The standard InChI is InChI=1S/C18H19BrN2O3/c1-13(22)21(17-6-4-3-5-16(17)19)12-18(23)20-11-14-7-9-15(24-2)10-8-14/h3-10H,11-12H2,1-2H3,(H,20,23). The van der Waals surface area contributed by atoms with Gasteiger partial charge in [-0.3, -0.25) is 9.59 Å². The topological polar surface area (TPSA) is 58.6 Å². The van der Waals surface area contributed by atoms with Crippen LogP contribution in [0, 0.1) is 0 Å². The van der Waals surface area contributed by atoms with E-state index in [1.807, 2.05) is 42.5 Å². The molecule has 0 aliphatic heterocycles. The number of rotatable bonds is 6. The Labute approximate surface area is 149 Å². The van der Waals surface area contributed by atoms with Crippen LogP contribution < -0.4 is 15.0 Å². The maximum atomic E-state index is 12.2. The van der Waals surface area contributed by atoms with E-state index in [4.69, 9.17) is 4.74 Å². The quantitative estimate of drug-likeness (QED) is 0.823. The molecule has 0 bridgehead atoms. The number of carbonyl (C=O) groups excluding carboxylic acids is 2. The van der Waals surface area contributed by atoms with Crippen molar-refractivity contribution in [2.24, 2.45) is 0 Å². The zero-order valence-electron chi connectivity index (χ0n) is 13.6. The van der Waals surface area contributed by atoms with Gasteiger partial charge in [0.15, 0.2) is 0 Å². The molecule has 0 radical (unpaired) electrons. The van der Waals surface area contributed by atoms with Crippen LogP contribution in [0.25, 0.3) is 0 Å². The molecule has 0 atom stereocenters.